The van der Waals surface area contributed by atoms with Crippen LogP contribution in [0.15, 0.2) is 36.4 Å². The third-order valence-corrected chi connectivity index (χ3v) is 9.98. The summed E-state index contributed by atoms with van der Waals surface area (Å²) in [6.07, 6.45) is 0.0797. The molecule has 0 spiro atoms. The quantitative estimate of drug-likeness (QED) is 0.341. The van der Waals surface area contributed by atoms with Gasteiger partial charge in [-0.1, -0.05) is 55.8 Å². The van der Waals surface area contributed by atoms with Gasteiger partial charge in [-0.25, -0.2) is 0 Å². The molecule has 0 radical (unpaired) electrons. The van der Waals surface area contributed by atoms with Gasteiger partial charge in [-0.2, -0.15) is 0 Å². The number of hydrogen-bond acceptors (Lipinski definition) is 9. The molecule has 2 aromatic carbocycles. The fourth-order valence-corrected chi connectivity index (χ4v) is 7.63. The van der Waals surface area contributed by atoms with Crippen LogP contribution in [0.5, 0.6) is 5.75 Å². The zero-order chi connectivity index (χ0) is 31.6. The maximum absolute atomic E-state index is 13.9. The van der Waals surface area contributed by atoms with E-state index in [0.29, 0.717) is 24.2 Å². The summed E-state index contributed by atoms with van der Waals surface area (Å²) < 4.78 is 0. The molecule has 0 heterocycles. The molecule has 3 aliphatic rings. The van der Waals surface area contributed by atoms with Gasteiger partial charge in [0.15, 0.2) is 34.7 Å². The Balaban J connectivity index is 1.47. The average molecular weight is 610 g/mol. The van der Waals surface area contributed by atoms with Crippen molar-refractivity contribution in [2.45, 2.75) is 50.3 Å². The highest BCUT2D eigenvalue weighted by Gasteiger charge is 2.69. The van der Waals surface area contributed by atoms with Crippen LogP contribution in [0.1, 0.15) is 47.3 Å². The topological polar surface area (TPSA) is 167 Å². The minimum atomic E-state index is -2.76. The number of nitrogens with one attached hydrogen (secondary N) is 1. The number of ketones is 4. The predicted octanol–water partition coefficient (Wildman–Crippen LogP) is 1.59. The molecule has 5 rings (SSSR count). The molecular weight excluding hydrogens is 574 g/mol. The van der Waals surface area contributed by atoms with Crippen LogP contribution in [-0.2, 0) is 37.6 Å². The molecule has 1 amide bonds. The van der Waals surface area contributed by atoms with Crippen LogP contribution in [0.3, 0.4) is 0 Å². The zero-order valence-corrected chi connectivity index (χ0v) is 25.3. The lowest BCUT2D eigenvalue weighted by atomic mass is 9.52. The van der Waals surface area contributed by atoms with E-state index in [1.807, 2.05) is 18.2 Å². The van der Waals surface area contributed by atoms with E-state index in [1.165, 1.54) is 11.0 Å². The molecule has 0 saturated heterocycles. The van der Waals surface area contributed by atoms with Gasteiger partial charge in [-0.3, -0.25) is 28.9 Å². The SMILES string of the molecule is CN(C)[C@@H]1C(=O)C(C(N)=O)C(=O)[C@@]2(O)C(=O)C3C(=O)c4c(O)cc(CNCC(C)(C)c5ccccc5)c(Cl)c4C[C@H]3C[C@@H]12. The number of halogens is 1. The second-order valence-corrected chi connectivity index (χ2v) is 13.2. The second kappa shape index (κ2) is 10.9. The number of aromatic hydroxyl groups is 1. The first-order chi connectivity index (χ1) is 20.1. The Morgan fingerprint density at radius 2 is 1.79 bits per heavy atom. The first-order valence-corrected chi connectivity index (χ1v) is 14.6. The van der Waals surface area contributed by atoms with Gasteiger partial charge in [0.1, 0.15) is 5.75 Å². The van der Waals surface area contributed by atoms with E-state index in [0.717, 1.165) is 5.56 Å². The van der Waals surface area contributed by atoms with Crippen molar-refractivity contribution >= 4 is 40.6 Å². The summed E-state index contributed by atoms with van der Waals surface area (Å²) in [5.74, 6) is -10.9. The first-order valence-electron chi connectivity index (χ1n) is 14.3. The van der Waals surface area contributed by atoms with E-state index >= 15 is 0 Å². The van der Waals surface area contributed by atoms with Crippen molar-refractivity contribution < 1.29 is 34.2 Å². The Hall–Kier alpha value is -3.44. The van der Waals surface area contributed by atoms with Gasteiger partial charge in [0.05, 0.1) is 17.5 Å². The summed E-state index contributed by atoms with van der Waals surface area (Å²) in [5, 5.41) is 26.3. The van der Waals surface area contributed by atoms with Crippen LogP contribution < -0.4 is 11.1 Å². The molecular formula is C32H36ClN3O7. The van der Waals surface area contributed by atoms with E-state index in [2.05, 4.69) is 31.3 Å². The smallest absolute Gasteiger partial charge is 0.235 e. The molecule has 3 aliphatic carbocycles. The van der Waals surface area contributed by atoms with Crippen LogP contribution >= 0.6 is 11.6 Å². The van der Waals surface area contributed by atoms with Crippen molar-refractivity contribution in [1.82, 2.24) is 10.2 Å². The highest BCUT2D eigenvalue weighted by Crippen LogP contribution is 2.51. The largest absolute Gasteiger partial charge is 0.507 e. The standard InChI is InChI=1S/C32H36ClN3O7/c1-31(2,17-8-6-5-7-9-17)14-35-13-16-12-20(37)22-18(24(16)33)10-15-11-19-25(36(3)4)27(39)23(30(34)42)29(41)32(19,43)28(40)21(15)26(22)38/h5-9,12,15,19,21,23,25,35,37,43H,10-11,13-14H2,1-4H3,(H2,34,42)/t15-,19-,21?,23?,25-,32-/m0/s1. The van der Waals surface area contributed by atoms with Crippen LogP contribution in [0.25, 0.3) is 0 Å². The molecule has 2 fully saturated rings. The molecule has 2 unspecified atom stereocenters. The highest BCUT2D eigenvalue weighted by molar-refractivity contribution is 6.34. The number of hydrogen-bond donors (Lipinski definition) is 4. The summed E-state index contributed by atoms with van der Waals surface area (Å²) in [6.45, 7) is 5.12. The van der Waals surface area contributed by atoms with Crippen molar-refractivity contribution in [2.75, 3.05) is 20.6 Å². The lowest BCUT2D eigenvalue weighted by Crippen LogP contribution is -2.74. The lowest BCUT2D eigenvalue weighted by Gasteiger charge is -2.52. The van der Waals surface area contributed by atoms with Crippen LogP contribution in [-0.4, -0.2) is 76.4 Å². The van der Waals surface area contributed by atoms with Crippen molar-refractivity contribution in [3.8, 4) is 5.75 Å². The number of amides is 1. The second-order valence-electron chi connectivity index (χ2n) is 12.9. The minimum absolute atomic E-state index is 0.0330. The lowest BCUT2D eigenvalue weighted by molar-refractivity contribution is -0.181. The number of rotatable bonds is 7. The minimum Gasteiger partial charge on any atom is -0.507 e. The number of benzene rings is 2. The Labute approximate surface area is 254 Å². The normalized spacial score (nSPS) is 28.9. The number of likely N-dealkylation sites (N-methyl/N-ethyl adjacent to an activating group) is 1. The first kappa shape index (κ1) is 31.0. The maximum atomic E-state index is 13.9. The van der Waals surface area contributed by atoms with E-state index in [-0.39, 0.29) is 34.6 Å². The summed E-state index contributed by atoms with van der Waals surface area (Å²) in [6, 6.07) is 10.2. The van der Waals surface area contributed by atoms with Crippen molar-refractivity contribution in [1.29, 1.82) is 0 Å². The molecule has 2 saturated carbocycles. The molecule has 6 atom stereocenters. The number of phenolic OH excluding ortho intramolecular Hbond substituents is 1. The van der Waals surface area contributed by atoms with Gasteiger partial charge < -0.3 is 21.3 Å². The summed E-state index contributed by atoms with van der Waals surface area (Å²) in [7, 11) is 3.09. The zero-order valence-electron chi connectivity index (χ0n) is 24.5. The molecule has 2 aromatic rings. The number of carbonyl (C=O) groups excluding carboxylic acids is 5. The van der Waals surface area contributed by atoms with Crippen molar-refractivity contribution in [3.05, 3.63) is 63.7 Å². The van der Waals surface area contributed by atoms with E-state index in [1.54, 1.807) is 14.1 Å². The molecule has 0 aliphatic heterocycles. The summed E-state index contributed by atoms with van der Waals surface area (Å²) in [4.78, 5) is 67.9. The number of nitrogens with two attached hydrogens (primary N) is 1. The van der Waals surface area contributed by atoms with E-state index < -0.39 is 64.4 Å². The Kier molecular flexibility index (Phi) is 7.88. The molecule has 5 N–H and O–H groups in total. The van der Waals surface area contributed by atoms with Crippen molar-refractivity contribution in [2.24, 2.45) is 29.4 Å². The van der Waals surface area contributed by atoms with Gasteiger partial charge in [-0.05, 0) is 55.6 Å². The number of phenols is 1. The summed E-state index contributed by atoms with van der Waals surface area (Å²) in [5.41, 5.74) is 4.39. The number of fused-ring (bicyclic) bond motifs is 3. The molecule has 10 nitrogen and oxygen atoms in total. The van der Waals surface area contributed by atoms with Gasteiger partial charge in [0.25, 0.3) is 0 Å². The Morgan fingerprint density at radius 1 is 1.14 bits per heavy atom. The van der Waals surface area contributed by atoms with Gasteiger partial charge in [-0.15, -0.1) is 0 Å². The number of carbonyl (C=O) groups is 5. The predicted molar refractivity (Wildman–Crippen MR) is 158 cm³/mol. The number of Topliss-reactive ketones (excluding diaryl/α,β-unsaturated/α-hetero) is 4. The fourth-order valence-electron chi connectivity index (χ4n) is 7.34. The molecule has 0 aromatic heterocycles. The monoisotopic (exact) mass is 609 g/mol. The number of aliphatic hydroxyl groups is 1. The number of nitrogens with zero attached hydrogens (tertiary/aromatic N) is 1. The number of primary amides is 1. The maximum Gasteiger partial charge on any atom is 0.235 e. The Morgan fingerprint density at radius 3 is 2.40 bits per heavy atom. The average Bonchev–Trinajstić information content (AvgIpc) is 2.93. The fraction of sp³-hybridized carbons (Fsp3) is 0.469. The van der Waals surface area contributed by atoms with E-state index in [4.69, 9.17) is 17.3 Å². The molecule has 11 heteroatoms. The molecule has 43 heavy (non-hydrogen) atoms. The van der Waals surface area contributed by atoms with Crippen LogP contribution in [0, 0.1) is 23.7 Å². The van der Waals surface area contributed by atoms with Crippen LogP contribution in [0.4, 0.5) is 0 Å². The summed E-state index contributed by atoms with van der Waals surface area (Å²) >= 11 is 6.84. The molecule has 228 valence electrons. The van der Waals surface area contributed by atoms with Gasteiger partial charge >= 0.3 is 0 Å². The van der Waals surface area contributed by atoms with Gasteiger partial charge in [0, 0.05) is 29.4 Å². The molecule has 0 bridgehead atoms. The third kappa shape index (κ3) is 4.81. The van der Waals surface area contributed by atoms with E-state index in [9.17, 15) is 34.2 Å². The third-order valence-electron chi connectivity index (χ3n) is 9.51. The highest BCUT2D eigenvalue weighted by atomic mass is 35.5. The van der Waals surface area contributed by atoms with Crippen molar-refractivity contribution in [3.63, 3.8) is 0 Å². The van der Waals surface area contributed by atoms with Crippen LogP contribution in [0.2, 0.25) is 5.02 Å². The Bertz CT molecular complexity index is 1540. The van der Waals surface area contributed by atoms with Gasteiger partial charge in [0.2, 0.25) is 5.91 Å².